The minimum atomic E-state index is -1.05. The zero-order valence-corrected chi connectivity index (χ0v) is 14.4. The standard InChI is InChI=1S/C12H11N3O8.C2H7N/c1-2-22-10-6-8-7(5-9(10)14(18)19)11(16)13(12(8)17)3-4-23-15(20)21;1-3-2/h5-6H,2-4H2,1H3;3H,1-2H3. The number of benzene rings is 1. The molecular formula is C14H18N4O8. The van der Waals surface area contributed by atoms with Crippen molar-refractivity contribution in [3.05, 3.63) is 43.5 Å². The normalized spacial score (nSPS) is 12.2. The topological polar surface area (TPSA) is 154 Å². The number of nitro groups is 1. The van der Waals surface area contributed by atoms with Crippen molar-refractivity contribution in [2.75, 3.05) is 33.9 Å². The number of hydrogen-bond donors (Lipinski definition) is 1. The Morgan fingerprint density at radius 2 is 1.65 bits per heavy atom. The van der Waals surface area contributed by atoms with E-state index in [-0.39, 0.29) is 30.0 Å². The molecule has 1 aliphatic heterocycles. The van der Waals surface area contributed by atoms with Gasteiger partial charge in [0, 0.05) is 12.1 Å². The van der Waals surface area contributed by atoms with Crippen molar-refractivity contribution in [2.24, 2.45) is 0 Å². The quantitative estimate of drug-likeness (QED) is 0.413. The molecule has 1 aromatic rings. The summed E-state index contributed by atoms with van der Waals surface area (Å²) in [6, 6.07) is 2.10. The number of amides is 2. The molecule has 0 aliphatic carbocycles. The SMILES string of the molecule is CCOc1cc2c(cc1[N+](=O)[O-])C(=O)N(CCO[N+](=O)[O-])C2=O.CNC. The van der Waals surface area contributed by atoms with Gasteiger partial charge < -0.3 is 14.9 Å². The van der Waals surface area contributed by atoms with Gasteiger partial charge in [0.05, 0.1) is 29.2 Å². The molecule has 0 saturated carbocycles. The van der Waals surface area contributed by atoms with Gasteiger partial charge in [-0.2, -0.15) is 0 Å². The Kier molecular flexibility index (Phi) is 7.40. The summed E-state index contributed by atoms with van der Waals surface area (Å²) in [4.78, 5) is 49.5. The fourth-order valence-electron chi connectivity index (χ4n) is 2.13. The first-order chi connectivity index (χ1) is 12.3. The lowest BCUT2D eigenvalue weighted by Gasteiger charge is -2.12. The van der Waals surface area contributed by atoms with Gasteiger partial charge in [-0.1, -0.05) is 0 Å². The number of rotatable bonds is 7. The average Bonchev–Trinajstić information content (AvgIpc) is 2.79. The van der Waals surface area contributed by atoms with E-state index in [4.69, 9.17) is 4.74 Å². The molecule has 0 saturated heterocycles. The summed E-state index contributed by atoms with van der Waals surface area (Å²) in [6.07, 6.45) is 0. The highest BCUT2D eigenvalue weighted by molar-refractivity contribution is 6.21. The van der Waals surface area contributed by atoms with Gasteiger partial charge in [0.2, 0.25) is 0 Å². The number of ether oxygens (including phenoxy) is 1. The van der Waals surface area contributed by atoms with Crippen LogP contribution in [-0.4, -0.2) is 60.6 Å². The number of fused-ring (bicyclic) bond motifs is 1. The number of imide groups is 1. The largest absolute Gasteiger partial charge is 0.487 e. The Hall–Kier alpha value is -3.28. The number of nitro benzene ring substituents is 1. The molecular weight excluding hydrogens is 352 g/mol. The van der Waals surface area contributed by atoms with Gasteiger partial charge >= 0.3 is 5.69 Å². The van der Waals surface area contributed by atoms with Crippen LogP contribution in [0.5, 0.6) is 5.75 Å². The first-order valence-corrected chi connectivity index (χ1v) is 7.45. The highest BCUT2D eigenvalue weighted by Crippen LogP contribution is 2.34. The fraction of sp³-hybridized carbons (Fsp3) is 0.429. The van der Waals surface area contributed by atoms with E-state index in [1.54, 1.807) is 6.92 Å². The highest BCUT2D eigenvalue weighted by atomic mass is 16.9. The molecule has 2 amide bonds. The summed E-state index contributed by atoms with van der Waals surface area (Å²) < 4.78 is 5.12. The zero-order valence-electron chi connectivity index (χ0n) is 14.4. The second-order valence-corrected chi connectivity index (χ2v) is 4.87. The molecule has 0 bridgehead atoms. The van der Waals surface area contributed by atoms with Crippen LogP contribution in [0, 0.1) is 20.2 Å². The Labute approximate surface area is 147 Å². The third kappa shape index (κ3) is 4.63. The predicted octanol–water partition coefficient (Wildman–Crippen LogP) is 0.633. The third-order valence-corrected chi connectivity index (χ3v) is 3.06. The fourth-order valence-corrected chi connectivity index (χ4v) is 2.13. The average molecular weight is 370 g/mol. The molecule has 0 atom stereocenters. The van der Waals surface area contributed by atoms with Crippen LogP contribution < -0.4 is 10.1 Å². The van der Waals surface area contributed by atoms with E-state index in [0.717, 1.165) is 17.0 Å². The first kappa shape index (κ1) is 20.8. The molecule has 1 aromatic carbocycles. The molecule has 142 valence electrons. The minimum Gasteiger partial charge on any atom is -0.487 e. The van der Waals surface area contributed by atoms with Crippen LogP contribution in [0.3, 0.4) is 0 Å². The molecule has 0 aromatic heterocycles. The van der Waals surface area contributed by atoms with Crippen LogP contribution in [0.15, 0.2) is 12.1 Å². The second-order valence-electron chi connectivity index (χ2n) is 4.87. The summed E-state index contributed by atoms with van der Waals surface area (Å²) in [7, 11) is 3.75. The Morgan fingerprint density at radius 1 is 1.12 bits per heavy atom. The molecule has 12 heteroatoms. The molecule has 1 aliphatic rings. The van der Waals surface area contributed by atoms with E-state index in [9.17, 15) is 29.8 Å². The number of nitrogens with one attached hydrogen (secondary N) is 1. The summed E-state index contributed by atoms with van der Waals surface area (Å²) >= 11 is 0. The van der Waals surface area contributed by atoms with E-state index in [0.29, 0.717) is 0 Å². The lowest BCUT2D eigenvalue weighted by atomic mass is 10.1. The summed E-state index contributed by atoms with van der Waals surface area (Å²) in [5.74, 6) is -1.61. The molecule has 0 fully saturated rings. The van der Waals surface area contributed by atoms with E-state index in [1.807, 2.05) is 14.1 Å². The van der Waals surface area contributed by atoms with Crippen LogP contribution in [0.4, 0.5) is 5.69 Å². The molecule has 0 radical (unpaired) electrons. The molecule has 0 spiro atoms. The van der Waals surface area contributed by atoms with E-state index in [1.165, 1.54) is 0 Å². The van der Waals surface area contributed by atoms with Crippen molar-refractivity contribution in [3.8, 4) is 5.75 Å². The van der Waals surface area contributed by atoms with Gasteiger partial charge in [0.15, 0.2) is 5.75 Å². The van der Waals surface area contributed by atoms with Crippen LogP contribution in [0.2, 0.25) is 0 Å². The van der Waals surface area contributed by atoms with Crippen molar-refractivity contribution >= 4 is 17.5 Å². The highest BCUT2D eigenvalue weighted by Gasteiger charge is 2.38. The van der Waals surface area contributed by atoms with Gasteiger partial charge in [-0.25, -0.2) is 0 Å². The number of nitrogens with zero attached hydrogens (tertiary/aromatic N) is 3. The maximum atomic E-state index is 12.2. The Bertz CT molecular complexity index is 721. The van der Waals surface area contributed by atoms with Crippen molar-refractivity contribution in [1.29, 1.82) is 0 Å². The monoisotopic (exact) mass is 370 g/mol. The van der Waals surface area contributed by atoms with Crippen LogP contribution >= 0.6 is 0 Å². The van der Waals surface area contributed by atoms with Crippen LogP contribution in [0.25, 0.3) is 0 Å². The van der Waals surface area contributed by atoms with Crippen LogP contribution in [-0.2, 0) is 4.84 Å². The predicted molar refractivity (Wildman–Crippen MR) is 87.6 cm³/mol. The number of hydrogen-bond acceptors (Lipinski definition) is 9. The molecule has 1 N–H and O–H groups in total. The smallest absolute Gasteiger partial charge is 0.311 e. The summed E-state index contributed by atoms with van der Waals surface area (Å²) in [5.41, 5.74) is -0.633. The molecule has 0 unspecified atom stereocenters. The first-order valence-electron chi connectivity index (χ1n) is 7.45. The van der Waals surface area contributed by atoms with Gasteiger partial charge in [-0.15, -0.1) is 10.1 Å². The minimum absolute atomic E-state index is 0.0508. The molecule has 1 heterocycles. The second kappa shape index (κ2) is 9.27. The zero-order chi connectivity index (χ0) is 19.9. The molecule has 26 heavy (non-hydrogen) atoms. The van der Waals surface area contributed by atoms with Gasteiger partial charge in [-0.05, 0) is 21.0 Å². The number of carbonyl (C=O) groups excluding carboxylic acids is 2. The lowest BCUT2D eigenvalue weighted by molar-refractivity contribution is -0.757. The Morgan fingerprint density at radius 3 is 2.12 bits per heavy atom. The van der Waals surface area contributed by atoms with Crippen molar-refractivity contribution in [2.45, 2.75) is 6.92 Å². The number of carbonyl (C=O) groups is 2. The maximum absolute atomic E-state index is 12.2. The third-order valence-electron chi connectivity index (χ3n) is 3.06. The summed E-state index contributed by atoms with van der Waals surface area (Å²) in [6.45, 7) is 0.928. The van der Waals surface area contributed by atoms with Crippen molar-refractivity contribution in [1.82, 2.24) is 10.2 Å². The summed E-state index contributed by atoms with van der Waals surface area (Å²) in [5, 5.41) is 22.8. The van der Waals surface area contributed by atoms with Gasteiger partial charge in [-0.3, -0.25) is 24.6 Å². The van der Waals surface area contributed by atoms with E-state index >= 15 is 0 Å². The molecule has 2 rings (SSSR count). The van der Waals surface area contributed by atoms with Crippen molar-refractivity contribution in [3.63, 3.8) is 0 Å². The van der Waals surface area contributed by atoms with Gasteiger partial charge in [0.1, 0.15) is 6.61 Å². The van der Waals surface area contributed by atoms with Crippen molar-refractivity contribution < 1.29 is 29.2 Å². The van der Waals surface area contributed by atoms with Gasteiger partial charge in [0.25, 0.3) is 16.9 Å². The molecule has 12 nitrogen and oxygen atoms in total. The van der Waals surface area contributed by atoms with E-state index < -0.39 is 34.1 Å². The maximum Gasteiger partial charge on any atom is 0.311 e. The Balaban J connectivity index is 0.00000105. The lowest BCUT2D eigenvalue weighted by Crippen LogP contribution is -2.33. The van der Waals surface area contributed by atoms with Crippen LogP contribution in [0.1, 0.15) is 27.6 Å². The van der Waals surface area contributed by atoms with E-state index in [2.05, 4.69) is 10.2 Å².